The third-order valence-electron chi connectivity index (χ3n) is 3.42. The van der Waals surface area contributed by atoms with Gasteiger partial charge < -0.3 is 4.74 Å². The Morgan fingerprint density at radius 2 is 1.71 bits per heavy atom. The first-order valence-corrected chi connectivity index (χ1v) is 7.90. The molecule has 0 unspecified atom stereocenters. The maximum atomic E-state index is 8.85. The van der Waals surface area contributed by atoms with Gasteiger partial charge in [-0.1, -0.05) is 29.3 Å². The van der Waals surface area contributed by atoms with Gasteiger partial charge in [-0.25, -0.2) is 0 Å². The van der Waals surface area contributed by atoms with Crippen LogP contribution in [0.4, 0.5) is 0 Å². The molecule has 0 saturated heterocycles. The fourth-order valence-corrected chi connectivity index (χ4v) is 2.80. The van der Waals surface area contributed by atoms with E-state index in [0.717, 1.165) is 28.0 Å². The zero-order valence-corrected chi connectivity index (χ0v) is 14.7. The number of halogens is 2. The van der Waals surface area contributed by atoms with Crippen molar-refractivity contribution in [2.24, 2.45) is 0 Å². The Balaban J connectivity index is 2.25. The van der Waals surface area contributed by atoms with E-state index in [0.29, 0.717) is 16.7 Å². The van der Waals surface area contributed by atoms with Crippen LogP contribution in [0, 0.1) is 36.5 Å². The van der Waals surface area contributed by atoms with E-state index in [9.17, 15) is 0 Å². The Morgan fingerprint density at radius 3 is 2.25 bits per heavy atom. The number of hydrogen-bond acceptors (Lipinski definition) is 3. The molecule has 0 saturated carbocycles. The molecule has 0 heterocycles. The summed E-state index contributed by atoms with van der Waals surface area (Å²) in [5.41, 5.74) is 3.54. The Labute approximate surface area is 151 Å². The summed E-state index contributed by atoms with van der Waals surface area (Å²) in [5.74, 6) is 0.758. The van der Waals surface area contributed by atoms with Crippen LogP contribution < -0.4 is 4.74 Å². The highest BCUT2D eigenvalue weighted by molar-refractivity contribution is 6.35. The van der Waals surface area contributed by atoms with Crippen molar-refractivity contribution in [2.75, 3.05) is 0 Å². The van der Waals surface area contributed by atoms with Crippen molar-refractivity contribution in [3.05, 3.63) is 68.2 Å². The predicted molar refractivity (Wildman–Crippen MR) is 95.9 cm³/mol. The predicted octanol–water partition coefficient (Wildman–Crippen LogP) is 5.62. The van der Waals surface area contributed by atoms with Crippen LogP contribution in [0.3, 0.4) is 0 Å². The van der Waals surface area contributed by atoms with E-state index >= 15 is 0 Å². The van der Waals surface area contributed by atoms with Crippen LogP contribution in [0.25, 0.3) is 6.08 Å². The molecule has 120 valence electrons. The zero-order valence-electron chi connectivity index (χ0n) is 13.2. The number of aryl methyl sites for hydroxylation is 2. The second kappa shape index (κ2) is 7.88. The molecule has 0 aliphatic rings. The minimum Gasteiger partial charge on any atom is -0.488 e. The van der Waals surface area contributed by atoms with Crippen LogP contribution in [0.2, 0.25) is 10.0 Å². The fraction of sp³-hybridized carbons (Fsp3) is 0.158. The smallest absolute Gasteiger partial charge is 0.130 e. The van der Waals surface area contributed by atoms with Crippen molar-refractivity contribution in [3.8, 4) is 17.9 Å². The van der Waals surface area contributed by atoms with E-state index in [1.165, 1.54) is 0 Å². The van der Waals surface area contributed by atoms with Gasteiger partial charge in [0.15, 0.2) is 0 Å². The third-order valence-corrected chi connectivity index (χ3v) is 4.01. The maximum absolute atomic E-state index is 8.85. The summed E-state index contributed by atoms with van der Waals surface area (Å²) in [6.45, 7) is 4.16. The molecule has 0 bridgehead atoms. The topological polar surface area (TPSA) is 56.8 Å². The lowest BCUT2D eigenvalue weighted by Crippen LogP contribution is -2.00. The fourth-order valence-electron chi connectivity index (χ4n) is 2.34. The van der Waals surface area contributed by atoms with Gasteiger partial charge in [0.2, 0.25) is 0 Å². The second-order valence-electron chi connectivity index (χ2n) is 5.29. The van der Waals surface area contributed by atoms with Crippen molar-refractivity contribution >= 4 is 29.3 Å². The highest BCUT2D eigenvalue weighted by atomic mass is 35.5. The maximum Gasteiger partial charge on any atom is 0.130 e. The van der Waals surface area contributed by atoms with Crippen molar-refractivity contribution in [1.82, 2.24) is 0 Å². The number of allylic oxidation sites excluding steroid dienone is 1. The van der Waals surface area contributed by atoms with E-state index in [1.54, 1.807) is 18.2 Å². The Hall–Kier alpha value is -2.46. The molecule has 0 aliphatic carbocycles. The summed E-state index contributed by atoms with van der Waals surface area (Å²) in [5, 5.41) is 18.8. The molecule has 2 rings (SSSR count). The number of hydrogen-bond donors (Lipinski definition) is 0. The minimum atomic E-state index is 0.0652. The molecule has 2 aromatic carbocycles. The Morgan fingerprint density at radius 1 is 1.08 bits per heavy atom. The van der Waals surface area contributed by atoms with E-state index in [2.05, 4.69) is 0 Å². The van der Waals surface area contributed by atoms with Crippen LogP contribution in [-0.2, 0) is 6.61 Å². The van der Waals surface area contributed by atoms with E-state index < -0.39 is 0 Å². The highest BCUT2D eigenvalue weighted by Crippen LogP contribution is 2.28. The number of ether oxygens (including phenoxy) is 1. The normalized spacial score (nSPS) is 9.75. The van der Waals surface area contributed by atoms with Gasteiger partial charge in [-0.2, -0.15) is 10.5 Å². The van der Waals surface area contributed by atoms with Crippen LogP contribution in [0.1, 0.15) is 22.3 Å². The molecule has 0 spiro atoms. The molecule has 0 amide bonds. The standard InChI is InChI=1S/C19H14Cl2N2O/c1-12-5-14(7-15(9-22)10-23)6-13(2)19(12)24-11-16-3-4-17(20)8-18(16)21/h3-8H,11H2,1-2H3. The summed E-state index contributed by atoms with van der Waals surface area (Å²) < 4.78 is 5.91. The molecule has 0 radical (unpaired) electrons. The van der Waals surface area contributed by atoms with Gasteiger partial charge in [0.1, 0.15) is 30.1 Å². The summed E-state index contributed by atoms with van der Waals surface area (Å²) in [4.78, 5) is 0. The van der Waals surface area contributed by atoms with E-state index in [4.69, 9.17) is 38.5 Å². The molecule has 0 aromatic heterocycles. The van der Waals surface area contributed by atoms with Gasteiger partial charge in [0, 0.05) is 15.6 Å². The molecular weight excluding hydrogens is 343 g/mol. The van der Waals surface area contributed by atoms with E-state index in [-0.39, 0.29) is 5.57 Å². The lowest BCUT2D eigenvalue weighted by atomic mass is 10.0. The van der Waals surface area contributed by atoms with Crippen molar-refractivity contribution in [1.29, 1.82) is 10.5 Å². The van der Waals surface area contributed by atoms with Crippen molar-refractivity contribution < 1.29 is 4.74 Å². The average Bonchev–Trinajstić information content (AvgIpc) is 2.53. The molecule has 0 aliphatic heterocycles. The molecule has 2 aromatic rings. The van der Waals surface area contributed by atoms with E-state index in [1.807, 2.05) is 44.2 Å². The zero-order chi connectivity index (χ0) is 17.7. The van der Waals surface area contributed by atoms with Crippen molar-refractivity contribution in [3.63, 3.8) is 0 Å². The van der Waals surface area contributed by atoms with Gasteiger partial charge in [-0.15, -0.1) is 0 Å². The van der Waals surface area contributed by atoms with Crippen LogP contribution >= 0.6 is 23.2 Å². The average molecular weight is 357 g/mol. The van der Waals surface area contributed by atoms with Crippen LogP contribution in [0.15, 0.2) is 35.9 Å². The monoisotopic (exact) mass is 356 g/mol. The van der Waals surface area contributed by atoms with Gasteiger partial charge in [-0.3, -0.25) is 0 Å². The Kier molecular flexibility index (Phi) is 5.88. The minimum absolute atomic E-state index is 0.0652. The lowest BCUT2D eigenvalue weighted by molar-refractivity contribution is 0.302. The van der Waals surface area contributed by atoms with Gasteiger partial charge in [0.05, 0.1) is 0 Å². The third kappa shape index (κ3) is 4.30. The molecule has 24 heavy (non-hydrogen) atoms. The second-order valence-corrected chi connectivity index (χ2v) is 6.13. The first-order chi connectivity index (χ1) is 11.4. The first-order valence-electron chi connectivity index (χ1n) is 7.14. The number of benzene rings is 2. The largest absolute Gasteiger partial charge is 0.488 e. The molecule has 5 heteroatoms. The Bertz CT molecular complexity index is 850. The number of nitriles is 2. The summed E-state index contributed by atoms with van der Waals surface area (Å²) in [7, 11) is 0. The van der Waals surface area contributed by atoms with Gasteiger partial charge in [0.25, 0.3) is 0 Å². The number of nitrogens with zero attached hydrogens (tertiary/aromatic N) is 2. The summed E-state index contributed by atoms with van der Waals surface area (Å²) in [6.07, 6.45) is 1.56. The van der Waals surface area contributed by atoms with Crippen molar-refractivity contribution in [2.45, 2.75) is 20.5 Å². The highest BCUT2D eigenvalue weighted by Gasteiger charge is 2.09. The van der Waals surface area contributed by atoms with Gasteiger partial charge >= 0.3 is 0 Å². The van der Waals surface area contributed by atoms with Crippen LogP contribution in [0.5, 0.6) is 5.75 Å². The quantitative estimate of drug-likeness (QED) is 0.667. The lowest BCUT2D eigenvalue weighted by Gasteiger charge is -2.14. The molecule has 0 fully saturated rings. The molecule has 3 nitrogen and oxygen atoms in total. The molecule has 0 atom stereocenters. The van der Waals surface area contributed by atoms with Gasteiger partial charge in [-0.05, 0) is 60.9 Å². The molecular formula is C19H14Cl2N2O. The summed E-state index contributed by atoms with van der Waals surface area (Å²) >= 11 is 12.0. The van der Waals surface area contributed by atoms with Crippen LogP contribution in [-0.4, -0.2) is 0 Å². The number of rotatable bonds is 4. The molecule has 0 N–H and O–H groups in total. The summed E-state index contributed by atoms with van der Waals surface area (Å²) in [6, 6.07) is 12.7. The first kappa shape index (κ1) is 17.9. The SMILES string of the molecule is Cc1cc(C=C(C#N)C#N)cc(C)c1OCc1ccc(Cl)cc1Cl.